The van der Waals surface area contributed by atoms with Crippen LogP contribution in [0.15, 0.2) is 29.3 Å². The summed E-state index contributed by atoms with van der Waals surface area (Å²) in [6.45, 7) is 0. The zero-order valence-electron chi connectivity index (χ0n) is 7.15. The molecule has 0 spiro atoms. The summed E-state index contributed by atoms with van der Waals surface area (Å²) in [7, 11) is 0. The van der Waals surface area contributed by atoms with Gasteiger partial charge in [-0.1, -0.05) is 0 Å². The third-order valence-corrected chi connectivity index (χ3v) is 1.90. The maximum Gasteiger partial charge on any atom is 0.268 e. The minimum Gasteiger partial charge on any atom is -0.364 e. The Morgan fingerprint density at radius 3 is 2.93 bits per heavy atom. The lowest BCUT2D eigenvalue weighted by Gasteiger charge is -1.99. The van der Waals surface area contributed by atoms with Gasteiger partial charge >= 0.3 is 0 Å². The van der Waals surface area contributed by atoms with E-state index in [9.17, 15) is 9.59 Å². The molecule has 0 fully saturated rings. The summed E-state index contributed by atoms with van der Waals surface area (Å²) in [6.07, 6.45) is 2.94. The number of hydrogen-bond acceptors (Lipinski definition) is 3. The van der Waals surface area contributed by atoms with Crippen LogP contribution >= 0.6 is 0 Å². The van der Waals surface area contributed by atoms with E-state index in [1.165, 1.54) is 18.5 Å². The third kappa shape index (κ3) is 1.15. The lowest BCUT2D eigenvalue weighted by Crippen LogP contribution is -2.17. The van der Waals surface area contributed by atoms with E-state index in [-0.39, 0.29) is 16.5 Å². The molecular formula is C9H7N3O2. The molecule has 2 rings (SSSR count). The molecule has 14 heavy (non-hydrogen) atoms. The first-order chi connectivity index (χ1) is 6.70. The van der Waals surface area contributed by atoms with Crippen molar-refractivity contribution in [2.24, 2.45) is 5.73 Å². The number of rotatable bonds is 1. The van der Waals surface area contributed by atoms with Crippen LogP contribution in [0.5, 0.6) is 0 Å². The highest BCUT2D eigenvalue weighted by Crippen LogP contribution is 2.08. The van der Waals surface area contributed by atoms with Crippen molar-refractivity contribution in [3.8, 4) is 0 Å². The first-order valence-corrected chi connectivity index (χ1v) is 3.96. The number of amides is 1. The number of hydrogen-bond donors (Lipinski definition) is 2. The van der Waals surface area contributed by atoms with E-state index in [2.05, 4.69) is 9.97 Å². The van der Waals surface area contributed by atoms with Crippen LogP contribution in [0.4, 0.5) is 0 Å². The summed E-state index contributed by atoms with van der Waals surface area (Å²) < 4.78 is 0. The Kier molecular flexibility index (Phi) is 1.78. The number of H-pyrrole nitrogens is 1. The van der Waals surface area contributed by atoms with E-state index in [1.54, 1.807) is 6.07 Å². The van der Waals surface area contributed by atoms with Crippen molar-refractivity contribution < 1.29 is 4.79 Å². The first-order valence-electron chi connectivity index (χ1n) is 3.96. The molecule has 70 valence electrons. The average Bonchev–Trinajstić information content (AvgIpc) is 2.17. The predicted molar refractivity (Wildman–Crippen MR) is 50.9 cm³/mol. The molecule has 2 aromatic rings. The van der Waals surface area contributed by atoms with Crippen molar-refractivity contribution in [1.29, 1.82) is 0 Å². The van der Waals surface area contributed by atoms with E-state index in [1.807, 2.05) is 0 Å². The fraction of sp³-hybridized carbons (Fsp3) is 0. The van der Waals surface area contributed by atoms with Gasteiger partial charge in [0.25, 0.3) is 5.91 Å². The van der Waals surface area contributed by atoms with E-state index < -0.39 is 5.91 Å². The molecule has 0 saturated carbocycles. The van der Waals surface area contributed by atoms with Gasteiger partial charge in [0.1, 0.15) is 5.69 Å². The molecule has 0 aliphatic carbocycles. The van der Waals surface area contributed by atoms with Crippen LogP contribution in [-0.2, 0) is 0 Å². The number of nitrogens with one attached hydrogen (secondary N) is 1. The molecule has 5 nitrogen and oxygen atoms in total. The van der Waals surface area contributed by atoms with Gasteiger partial charge in [0, 0.05) is 18.5 Å². The van der Waals surface area contributed by atoms with Crippen molar-refractivity contribution in [3.05, 3.63) is 40.4 Å². The second-order valence-electron chi connectivity index (χ2n) is 2.79. The Labute approximate surface area is 78.6 Å². The van der Waals surface area contributed by atoms with E-state index in [0.29, 0.717) is 5.52 Å². The Hall–Kier alpha value is -2.17. The lowest BCUT2D eigenvalue weighted by atomic mass is 10.2. The zero-order valence-corrected chi connectivity index (χ0v) is 7.15. The Bertz CT molecular complexity index is 554. The van der Waals surface area contributed by atoms with Gasteiger partial charge in [-0.15, -0.1) is 0 Å². The maximum atomic E-state index is 11.4. The Morgan fingerprint density at radius 2 is 2.21 bits per heavy atom. The molecule has 0 aliphatic heterocycles. The fourth-order valence-corrected chi connectivity index (χ4v) is 1.31. The third-order valence-electron chi connectivity index (χ3n) is 1.90. The minimum atomic E-state index is -0.702. The van der Waals surface area contributed by atoms with Gasteiger partial charge in [-0.05, 0) is 6.07 Å². The van der Waals surface area contributed by atoms with Gasteiger partial charge < -0.3 is 10.7 Å². The Morgan fingerprint density at radius 1 is 1.43 bits per heavy atom. The fourth-order valence-electron chi connectivity index (χ4n) is 1.31. The minimum absolute atomic E-state index is 0.00403. The van der Waals surface area contributed by atoms with Crippen LogP contribution in [0.2, 0.25) is 0 Å². The summed E-state index contributed by atoms with van der Waals surface area (Å²) in [5.74, 6) is -0.702. The number of pyridine rings is 2. The topological polar surface area (TPSA) is 88.8 Å². The highest BCUT2D eigenvalue weighted by Gasteiger charge is 2.10. The second kappa shape index (κ2) is 2.95. The van der Waals surface area contributed by atoms with Gasteiger partial charge in [-0.25, -0.2) is 0 Å². The molecule has 1 amide bonds. The first kappa shape index (κ1) is 8.43. The summed E-state index contributed by atoms with van der Waals surface area (Å²) >= 11 is 0. The van der Waals surface area contributed by atoms with Crippen LogP contribution in [0.25, 0.3) is 10.9 Å². The van der Waals surface area contributed by atoms with Crippen molar-refractivity contribution in [2.75, 3.05) is 0 Å². The summed E-state index contributed by atoms with van der Waals surface area (Å²) in [4.78, 5) is 29.0. The molecule has 3 N–H and O–H groups in total. The summed E-state index contributed by atoms with van der Waals surface area (Å²) in [6, 6.07) is 2.94. The molecule has 0 aromatic carbocycles. The molecule has 0 saturated heterocycles. The maximum absolute atomic E-state index is 11.4. The molecule has 0 aliphatic rings. The summed E-state index contributed by atoms with van der Waals surface area (Å²) in [5, 5.41) is 0.238. The number of primary amides is 1. The Balaban J connectivity index is 2.99. The molecule has 0 unspecified atom stereocenters. The normalized spacial score (nSPS) is 10.3. The van der Waals surface area contributed by atoms with Crippen LogP contribution < -0.4 is 11.2 Å². The molecule has 0 atom stereocenters. The molecule has 0 bridgehead atoms. The van der Waals surface area contributed by atoms with Crippen LogP contribution in [0.1, 0.15) is 10.5 Å². The highest BCUT2D eigenvalue weighted by atomic mass is 16.1. The number of aromatic amines is 1. The van der Waals surface area contributed by atoms with Crippen LogP contribution in [-0.4, -0.2) is 15.9 Å². The molecular weight excluding hydrogens is 182 g/mol. The van der Waals surface area contributed by atoms with E-state index >= 15 is 0 Å². The van der Waals surface area contributed by atoms with Gasteiger partial charge in [0.05, 0.1) is 10.9 Å². The summed E-state index contributed by atoms with van der Waals surface area (Å²) in [5.41, 5.74) is 5.39. The van der Waals surface area contributed by atoms with Crippen molar-refractivity contribution in [2.45, 2.75) is 0 Å². The second-order valence-corrected chi connectivity index (χ2v) is 2.79. The monoisotopic (exact) mass is 189 g/mol. The van der Waals surface area contributed by atoms with Crippen molar-refractivity contribution in [3.63, 3.8) is 0 Å². The van der Waals surface area contributed by atoms with E-state index in [0.717, 1.165) is 0 Å². The largest absolute Gasteiger partial charge is 0.364 e. The van der Waals surface area contributed by atoms with Crippen molar-refractivity contribution in [1.82, 2.24) is 9.97 Å². The number of nitrogens with zero attached hydrogens (tertiary/aromatic N) is 1. The van der Waals surface area contributed by atoms with Gasteiger partial charge in [0.15, 0.2) is 5.43 Å². The van der Waals surface area contributed by atoms with E-state index in [4.69, 9.17) is 5.73 Å². The predicted octanol–water partition coefficient (Wildman–Crippen LogP) is 0.0220. The van der Waals surface area contributed by atoms with Gasteiger partial charge in [0.2, 0.25) is 0 Å². The molecule has 2 heterocycles. The van der Waals surface area contributed by atoms with Crippen molar-refractivity contribution >= 4 is 16.8 Å². The quantitative estimate of drug-likeness (QED) is 0.662. The number of fused-ring (bicyclic) bond motifs is 1. The smallest absolute Gasteiger partial charge is 0.268 e. The number of aromatic nitrogens is 2. The average molecular weight is 189 g/mol. The van der Waals surface area contributed by atoms with Gasteiger partial charge in [-0.2, -0.15) is 0 Å². The number of carbonyl (C=O) groups excluding carboxylic acids is 1. The molecule has 0 radical (unpaired) electrons. The highest BCUT2D eigenvalue weighted by molar-refractivity contribution is 6.03. The van der Waals surface area contributed by atoms with Crippen LogP contribution in [0.3, 0.4) is 0 Å². The standard InChI is InChI=1S/C9H7N3O2/c10-9(14)8-7-5(1-3-12-8)11-4-2-6(7)13/h1-4H,(H2,10,14)(H,11,13). The molecule has 5 heteroatoms. The number of nitrogens with two attached hydrogens (primary N) is 1. The van der Waals surface area contributed by atoms with Gasteiger partial charge in [-0.3, -0.25) is 14.6 Å². The zero-order chi connectivity index (χ0) is 10.1. The SMILES string of the molecule is NC(=O)c1nccc2[nH]ccc(=O)c12. The lowest BCUT2D eigenvalue weighted by molar-refractivity contribution is 0.0997. The number of carbonyl (C=O) groups is 1. The molecule has 2 aromatic heterocycles. The van der Waals surface area contributed by atoms with Crippen LogP contribution in [0, 0.1) is 0 Å².